The van der Waals surface area contributed by atoms with Crippen LogP contribution in [0.3, 0.4) is 0 Å². The molecule has 1 aliphatic rings. The molecule has 0 unspecified atom stereocenters. The molecule has 160 valence electrons. The Morgan fingerprint density at radius 2 is 1.88 bits per heavy atom. The summed E-state index contributed by atoms with van der Waals surface area (Å²) in [6.07, 6.45) is 2.63. The molecule has 2 aromatic carbocycles. The average Bonchev–Trinajstić information content (AvgIpc) is 3.58. The summed E-state index contributed by atoms with van der Waals surface area (Å²) in [7, 11) is 1.65. The van der Waals surface area contributed by atoms with Gasteiger partial charge in [-0.05, 0) is 41.1 Å². The van der Waals surface area contributed by atoms with Crippen molar-refractivity contribution in [3.8, 4) is 22.7 Å². The van der Waals surface area contributed by atoms with E-state index in [1.54, 1.807) is 30.4 Å². The number of nitrogens with zero attached hydrogens (tertiary/aromatic N) is 4. The summed E-state index contributed by atoms with van der Waals surface area (Å²) < 4.78 is 7.49. The summed E-state index contributed by atoms with van der Waals surface area (Å²) in [5.74, 6) is 0.636. The molecule has 0 saturated carbocycles. The second-order valence-corrected chi connectivity index (χ2v) is 8.34. The van der Waals surface area contributed by atoms with E-state index in [2.05, 4.69) is 10.5 Å². The number of carbonyl (C=O) groups is 1. The van der Waals surface area contributed by atoms with E-state index in [0.717, 1.165) is 39.5 Å². The minimum absolute atomic E-state index is 0.0985. The number of ether oxygens (including phenoxy) is 1. The number of methoxy groups -OCH3 is 1. The van der Waals surface area contributed by atoms with Crippen molar-refractivity contribution in [1.29, 1.82) is 0 Å². The van der Waals surface area contributed by atoms with Crippen LogP contribution in [0.15, 0.2) is 82.7 Å². The van der Waals surface area contributed by atoms with Gasteiger partial charge in [0.25, 0.3) is 0 Å². The Morgan fingerprint density at radius 1 is 1.09 bits per heavy atom. The molecule has 32 heavy (non-hydrogen) atoms. The van der Waals surface area contributed by atoms with Gasteiger partial charge in [-0.3, -0.25) is 4.79 Å². The van der Waals surface area contributed by atoms with Gasteiger partial charge >= 0.3 is 0 Å². The van der Waals surface area contributed by atoms with Crippen molar-refractivity contribution in [1.82, 2.24) is 14.8 Å². The fourth-order valence-electron chi connectivity index (χ4n) is 4.04. The van der Waals surface area contributed by atoms with Gasteiger partial charge in [0.15, 0.2) is 0 Å². The number of hydrogen-bond donors (Lipinski definition) is 0. The van der Waals surface area contributed by atoms with Gasteiger partial charge in [0.2, 0.25) is 5.91 Å². The minimum Gasteiger partial charge on any atom is -0.496 e. The molecule has 1 aliphatic heterocycles. The molecule has 0 N–H and O–H groups in total. The summed E-state index contributed by atoms with van der Waals surface area (Å²) >= 11 is 1.62. The zero-order valence-corrected chi connectivity index (χ0v) is 18.6. The first-order valence-corrected chi connectivity index (χ1v) is 11.3. The first-order chi connectivity index (χ1) is 15.7. The van der Waals surface area contributed by atoms with Crippen molar-refractivity contribution >= 4 is 23.0 Å². The average molecular weight is 443 g/mol. The zero-order chi connectivity index (χ0) is 22.1. The monoisotopic (exact) mass is 442 g/mol. The lowest BCUT2D eigenvalue weighted by molar-refractivity contribution is -0.130. The van der Waals surface area contributed by atoms with Gasteiger partial charge in [0.1, 0.15) is 11.4 Å². The fraction of sp³-hybridized carbons (Fsp3) is 0.160. The van der Waals surface area contributed by atoms with Crippen LogP contribution in [0, 0.1) is 0 Å². The number of benzene rings is 2. The van der Waals surface area contributed by atoms with E-state index in [-0.39, 0.29) is 11.9 Å². The molecule has 6 nitrogen and oxygen atoms in total. The molecule has 2 aromatic heterocycles. The quantitative estimate of drug-likeness (QED) is 0.421. The highest BCUT2D eigenvalue weighted by atomic mass is 32.1. The molecule has 1 atom stereocenters. The molecule has 5 rings (SSSR count). The second kappa shape index (κ2) is 8.43. The van der Waals surface area contributed by atoms with E-state index in [9.17, 15) is 4.79 Å². The van der Waals surface area contributed by atoms with E-state index in [0.29, 0.717) is 6.42 Å². The molecule has 0 bridgehead atoms. The minimum atomic E-state index is -0.250. The predicted molar refractivity (Wildman–Crippen MR) is 126 cm³/mol. The van der Waals surface area contributed by atoms with Crippen molar-refractivity contribution < 1.29 is 9.53 Å². The molecule has 0 spiro atoms. The molecular weight excluding hydrogens is 420 g/mol. The summed E-state index contributed by atoms with van der Waals surface area (Å²) in [6.45, 7) is 1.55. The molecule has 4 aromatic rings. The van der Waals surface area contributed by atoms with Crippen molar-refractivity contribution in [2.45, 2.75) is 19.4 Å². The molecular formula is C25H22N4O2S. The van der Waals surface area contributed by atoms with Crippen molar-refractivity contribution in [3.63, 3.8) is 0 Å². The van der Waals surface area contributed by atoms with Crippen LogP contribution < -0.4 is 4.74 Å². The van der Waals surface area contributed by atoms with Gasteiger partial charge in [-0.25, -0.2) is 9.69 Å². The predicted octanol–water partition coefficient (Wildman–Crippen LogP) is 5.31. The van der Waals surface area contributed by atoms with Crippen LogP contribution in [0.4, 0.5) is 0 Å². The maximum absolute atomic E-state index is 12.6. The third-order valence-corrected chi connectivity index (χ3v) is 6.25. The number of para-hydroxylation sites is 2. The fourth-order valence-corrected chi connectivity index (χ4v) is 4.70. The first kappa shape index (κ1) is 20.2. The van der Waals surface area contributed by atoms with Crippen LogP contribution in [-0.2, 0) is 4.79 Å². The van der Waals surface area contributed by atoms with Gasteiger partial charge in [0, 0.05) is 36.2 Å². The third kappa shape index (κ3) is 3.61. The Balaban J connectivity index is 1.66. The number of amides is 1. The summed E-state index contributed by atoms with van der Waals surface area (Å²) in [5.41, 5.74) is 5.50. The second-order valence-electron chi connectivity index (χ2n) is 7.56. The number of hydrazone groups is 1. The zero-order valence-electron chi connectivity index (χ0n) is 17.8. The van der Waals surface area contributed by atoms with Gasteiger partial charge in [-0.15, -0.1) is 0 Å². The van der Waals surface area contributed by atoms with E-state index < -0.39 is 0 Å². The van der Waals surface area contributed by atoms with Crippen molar-refractivity contribution in [3.05, 3.63) is 88.7 Å². The molecule has 3 heterocycles. The molecule has 0 aliphatic carbocycles. The summed E-state index contributed by atoms with van der Waals surface area (Å²) in [6, 6.07) is 19.6. The van der Waals surface area contributed by atoms with Gasteiger partial charge < -0.3 is 4.74 Å². The maximum Gasteiger partial charge on any atom is 0.240 e. The highest BCUT2D eigenvalue weighted by Crippen LogP contribution is 2.40. The normalized spacial score (nSPS) is 15.6. The van der Waals surface area contributed by atoms with Gasteiger partial charge in [-0.1, -0.05) is 30.3 Å². The van der Waals surface area contributed by atoms with Crippen LogP contribution in [0.25, 0.3) is 16.9 Å². The number of rotatable bonds is 5. The Morgan fingerprint density at radius 3 is 2.59 bits per heavy atom. The number of hydrogen-bond acceptors (Lipinski definition) is 5. The van der Waals surface area contributed by atoms with E-state index in [1.807, 2.05) is 76.9 Å². The molecule has 0 radical (unpaired) electrons. The number of aromatic nitrogens is 2. The largest absolute Gasteiger partial charge is 0.496 e. The van der Waals surface area contributed by atoms with E-state index in [4.69, 9.17) is 9.84 Å². The Bertz CT molecular complexity index is 1280. The molecule has 0 fully saturated rings. The summed E-state index contributed by atoms with van der Waals surface area (Å²) in [5, 5.41) is 15.3. The molecule has 1 amide bonds. The maximum atomic E-state index is 12.6. The highest BCUT2D eigenvalue weighted by molar-refractivity contribution is 7.08. The van der Waals surface area contributed by atoms with Crippen LogP contribution in [-0.4, -0.2) is 33.5 Å². The van der Waals surface area contributed by atoms with E-state index >= 15 is 0 Å². The Kier molecular flexibility index (Phi) is 5.33. The Labute approximate surface area is 190 Å². The first-order valence-electron chi connectivity index (χ1n) is 10.3. The van der Waals surface area contributed by atoms with Crippen LogP contribution >= 0.6 is 11.3 Å². The van der Waals surface area contributed by atoms with Gasteiger partial charge in [0.05, 0.1) is 24.6 Å². The standard InChI is InChI=1S/C25H22N4O2S/c1-17(30)29-23(14-22(26-29)18-12-13-32-16-18)21-15-28(19-8-4-3-5-9-19)27-25(21)20-10-6-7-11-24(20)31-2/h3-13,15-16,23H,14H2,1-2H3/t23-/m0/s1. The lowest BCUT2D eigenvalue weighted by atomic mass is 9.97. The number of thiophene rings is 1. The van der Waals surface area contributed by atoms with Crippen molar-refractivity contribution in [2.24, 2.45) is 5.10 Å². The smallest absolute Gasteiger partial charge is 0.240 e. The lowest BCUT2D eigenvalue weighted by Gasteiger charge is -2.20. The van der Waals surface area contributed by atoms with E-state index in [1.165, 1.54) is 0 Å². The van der Waals surface area contributed by atoms with Crippen LogP contribution in [0.2, 0.25) is 0 Å². The van der Waals surface area contributed by atoms with Crippen LogP contribution in [0.5, 0.6) is 5.75 Å². The molecule has 0 saturated heterocycles. The number of carbonyl (C=O) groups excluding carboxylic acids is 1. The van der Waals surface area contributed by atoms with Crippen molar-refractivity contribution in [2.75, 3.05) is 7.11 Å². The SMILES string of the molecule is COc1ccccc1-c1nn(-c2ccccc2)cc1[C@@H]1CC(c2ccsc2)=NN1C(C)=O. The topological polar surface area (TPSA) is 59.7 Å². The summed E-state index contributed by atoms with van der Waals surface area (Å²) in [4.78, 5) is 12.6. The molecule has 7 heteroatoms. The Hall–Kier alpha value is -3.71. The van der Waals surface area contributed by atoms with Gasteiger partial charge in [-0.2, -0.15) is 21.5 Å². The third-order valence-electron chi connectivity index (χ3n) is 5.57. The van der Waals surface area contributed by atoms with Crippen LogP contribution in [0.1, 0.15) is 30.5 Å². The lowest BCUT2D eigenvalue weighted by Crippen LogP contribution is -2.24. The highest BCUT2D eigenvalue weighted by Gasteiger charge is 2.35.